The molecule has 0 saturated carbocycles. The Labute approximate surface area is 119 Å². The molecule has 1 N–H and O–H groups in total. The van der Waals surface area contributed by atoms with E-state index < -0.39 is 0 Å². The quantitative estimate of drug-likeness (QED) is 0.787. The molecule has 19 heavy (non-hydrogen) atoms. The summed E-state index contributed by atoms with van der Waals surface area (Å²) in [5.41, 5.74) is 2.55. The van der Waals surface area contributed by atoms with E-state index in [9.17, 15) is 0 Å². The zero-order valence-electron chi connectivity index (χ0n) is 11.3. The highest BCUT2D eigenvalue weighted by molar-refractivity contribution is 6.30. The van der Waals surface area contributed by atoms with Gasteiger partial charge in [-0.15, -0.1) is 0 Å². The number of benzene rings is 1. The molecule has 0 unspecified atom stereocenters. The molecular formula is C15H20ClN3. The Bertz CT molecular complexity index is 490. The van der Waals surface area contributed by atoms with Gasteiger partial charge in [0.15, 0.2) is 0 Å². The Morgan fingerprint density at radius 2 is 2.05 bits per heavy atom. The van der Waals surface area contributed by atoms with Crippen molar-refractivity contribution in [1.29, 1.82) is 0 Å². The van der Waals surface area contributed by atoms with Crippen molar-refractivity contribution in [3.05, 3.63) is 53.1 Å². The van der Waals surface area contributed by atoms with E-state index >= 15 is 0 Å². The fourth-order valence-corrected chi connectivity index (χ4v) is 2.16. The molecule has 0 spiro atoms. The highest BCUT2D eigenvalue weighted by atomic mass is 35.5. The van der Waals surface area contributed by atoms with E-state index in [2.05, 4.69) is 33.9 Å². The van der Waals surface area contributed by atoms with Gasteiger partial charge >= 0.3 is 0 Å². The van der Waals surface area contributed by atoms with Crippen LogP contribution in [-0.4, -0.2) is 16.1 Å². The van der Waals surface area contributed by atoms with Gasteiger partial charge in [0.2, 0.25) is 0 Å². The number of halogens is 1. The lowest BCUT2D eigenvalue weighted by Gasteiger charge is -2.08. The fourth-order valence-electron chi connectivity index (χ4n) is 2.04. The number of nitrogens with one attached hydrogen (secondary N) is 1. The summed E-state index contributed by atoms with van der Waals surface area (Å²) in [6.45, 7) is 5.04. The lowest BCUT2D eigenvalue weighted by atomic mass is 10.1. The summed E-state index contributed by atoms with van der Waals surface area (Å²) in [4.78, 5) is 4.20. The van der Waals surface area contributed by atoms with Gasteiger partial charge in [-0.2, -0.15) is 0 Å². The van der Waals surface area contributed by atoms with Crippen LogP contribution in [0.25, 0.3) is 0 Å². The van der Waals surface area contributed by atoms with Gasteiger partial charge in [0.1, 0.15) is 0 Å². The smallest absolute Gasteiger partial charge is 0.0948 e. The third kappa shape index (κ3) is 4.37. The van der Waals surface area contributed by atoms with E-state index in [0.717, 1.165) is 37.5 Å². The second kappa shape index (κ2) is 7.31. The first-order valence-corrected chi connectivity index (χ1v) is 7.11. The highest BCUT2D eigenvalue weighted by Gasteiger charge is 2.00. The van der Waals surface area contributed by atoms with Crippen LogP contribution in [-0.2, 0) is 19.5 Å². The van der Waals surface area contributed by atoms with Crippen molar-refractivity contribution in [2.75, 3.05) is 6.54 Å². The molecule has 2 rings (SSSR count). The van der Waals surface area contributed by atoms with Gasteiger partial charge in [-0.3, -0.25) is 0 Å². The molecule has 0 aliphatic heterocycles. The number of nitrogens with zero attached hydrogens (tertiary/aromatic N) is 2. The molecular weight excluding hydrogens is 258 g/mol. The standard InChI is InChI=1S/C15H20ClN3/c1-2-9-19-12-18-11-15(19)10-17-8-7-13-3-5-14(16)6-4-13/h3-6,11-12,17H,2,7-10H2,1H3. The maximum Gasteiger partial charge on any atom is 0.0948 e. The number of rotatable bonds is 7. The predicted molar refractivity (Wildman–Crippen MR) is 79.4 cm³/mol. The van der Waals surface area contributed by atoms with Gasteiger partial charge in [-0.05, 0) is 37.1 Å². The minimum Gasteiger partial charge on any atom is -0.333 e. The van der Waals surface area contributed by atoms with Crippen LogP contribution in [0, 0.1) is 0 Å². The molecule has 0 bridgehead atoms. The van der Waals surface area contributed by atoms with Crippen LogP contribution in [0.1, 0.15) is 24.6 Å². The first-order valence-electron chi connectivity index (χ1n) is 6.73. The minimum absolute atomic E-state index is 0.792. The summed E-state index contributed by atoms with van der Waals surface area (Å²) in [5, 5.41) is 4.25. The topological polar surface area (TPSA) is 29.9 Å². The van der Waals surface area contributed by atoms with E-state index in [1.54, 1.807) is 0 Å². The van der Waals surface area contributed by atoms with Crippen molar-refractivity contribution in [1.82, 2.24) is 14.9 Å². The molecule has 0 atom stereocenters. The van der Waals surface area contributed by atoms with Gasteiger partial charge in [0.05, 0.1) is 12.0 Å². The average molecular weight is 278 g/mol. The zero-order valence-corrected chi connectivity index (χ0v) is 12.0. The molecule has 0 aliphatic rings. The summed E-state index contributed by atoms with van der Waals surface area (Å²) >= 11 is 5.86. The maximum absolute atomic E-state index is 5.86. The van der Waals surface area contributed by atoms with Crippen molar-refractivity contribution in [3.63, 3.8) is 0 Å². The maximum atomic E-state index is 5.86. The second-order valence-corrected chi connectivity index (χ2v) is 5.07. The Hall–Kier alpha value is -1.32. The molecule has 0 radical (unpaired) electrons. The Balaban J connectivity index is 1.74. The SMILES string of the molecule is CCCn1cncc1CNCCc1ccc(Cl)cc1. The summed E-state index contributed by atoms with van der Waals surface area (Å²) < 4.78 is 2.20. The summed E-state index contributed by atoms with van der Waals surface area (Å²) in [6, 6.07) is 8.02. The molecule has 0 amide bonds. The highest BCUT2D eigenvalue weighted by Crippen LogP contribution is 2.09. The molecule has 1 heterocycles. The predicted octanol–water partition coefficient (Wildman–Crippen LogP) is 3.28. The van der Waals surface area contributed by atoms with Gasteiger partial charge in [-0.25, -0.2) is 4.98 Å². The molecule has 3 nitrogen and oxygen atoms in total. The first-order chi connectivity index (χ1) is 9.29. The molecule has 0 fully saturated rings. The van der Waals surface area contributed by atoms with Crippen molar-refractivity contribution in [2.24, 2.45) is 0 Å². The molecule has 1 aromatic heterocycles. The number of aromatic nitrogens is 2. The molecule has 4 heteroatoms. The Morgan fingerprint density at radius 1 is 1.26 bits per heavy atom. The van der Waals surface area contributed by atoms with Gasteiger partial charge in [0.25, 0.3) is 0 Å². The summed E-state index contributed by atoms with van der Waals surface area (Å²) in [7, 11) is 0. The molecule has 102 valence electrons. The van der Waals surface area contributed by atoms with Crippen LogP contribution >= 0.6 is 11.6 Å². The molecule has 2 aromatic rings. The van der Waals surface area contributed by atoms with Gasteiger partial charge in [0, 0.05) is 24.3 Å². The molecule has 1 aromatic carbocycles. The lowest BCUT2D eigenvalue weighted by Crippen LogP contribution is -2.18. The molecule has 0 aliphatic carbocycles. The Morgan fingerprint density at radius 3 is 2.79 bits per heavy atom. The number of imidazole rings is 1. The molecule has 0 saturated heterocycles. The zero-order chi connectivity index (χ0) is 13.5. The second-order valence-electron chi connectivity index (χ2n) is 4.63. The largest absolute Gasteiger partial charge is 0.333 e. The van der Waals surface area contributed by atoms with E-state index in [1.165, 1.54) is 11.3 Å². The number of hydrogen-bond acceptors (Lipinski definition) is 2. The summed E-state index contributed by atoms with van der Waals surface area (Å²) in [6.07, 6.45) is 5.98. The normalized spacial score (nSPS) is 10.8. The van der Waals surface area contributed by atoms with Crippen LogP contribution in [0.3, 0.4) is 0 Å². The van der Waals surface area contributed by atoms with E-state index in [4.69, 9.17) is 11.6 Å². The van der Waals surface area contributed by atoms with Gasteiger partial charge in [-0.1, -0.05) is 30.7 Å². The van der Waals surface area contributed by atoms with Crippen LogP contribution in [0.15, 0.2) is 36.8 Å². The average Bonchev–Trinajstić information content (AvgIpc) is 2.85. The van der Waals surface area contributed by atoms with Crippen LogP contribution in [0.5, 0.6) is 0 Å². The number of hydrogen-bond donors (Lipinski definition) is 1. The van der Waals surface area contributed by atoms with Crippen molar-refractivity contribution < 1.29 is 0 Å². The van der Waals surface area contributed by atoms with E-state index in [0.29, 0.717) is 0 Å². The third-order valence-corrected chi connectivity index (χ3v) is 3.32. The number of aryl methyl sites for hydroxylation is 1. The van der Waals surface area contributed by atoms with Crippen LogP contribution in [0.2, 0.25) is 5.02 Å². The van der Waals surface area contributed by atoms with Crippen LogP contribution < -0.4 is 5.32 Å². The minimum atomic E-state index is 0.792. The first kappa shape index (κ1) is 14.1. The monoisotopic (exact) mass is 277 g/mol. The van der Waals surface area contributed by atoms with E-state index in [-0.39, 0.29) is 0 Å². The lowest BCUT2D eigenvalue weighted by molar-refractivity contribution is 0.601. The summed E-state index contributed by atoms with van der Waals surface area (Å²) in [5.74, 6) is 0. The Kier molecular flexibility index (Phi) is 5.43. The van der Waals surface area contributed by atoms with Gasteiger partial charge < -0.3 is 9.88 Å². The fraction of sp³-hybridized carbons (Fsp3) is 0.400. The van der Waals surface area contributed by atoms with E-state index in [1.807, 2.05) is 24.7 Å². The van der Waals surface area contributed by atoms with Crippen LogP contribution in [0.4, 0.5) is 0 Å². The van der Waals surface area contributed by atoms with Crippen molar-refractivity contribution in [3.8, 4) is 0 Å². The van der Waals surface area contributed by atoms with Crippen molar-refractivity contribution >= 4 is 11.6 Å². The third-order valence-electron chi connectivity index (χ3n) is 3.07. The van der Waals surface area contributed by atoms with Crippen molar-refractivity contribution in [2.45, 2.75) is 32.9 Å².